The van der Waals surface area contributed by atoms with Crippen molar-refractivity contribution in [2.45, 2.75) is 0 Å². The Morgan fingerprint density at radius 1 is 1.50 bits per heavy atom. The average molecular weight is 234 g/mol. The molecule has 16 heavy (non-hydrogen) atoms. The van der Waals surface area contributed by atoms with E-state index in [4.69, 9.17) is 27.3 Å². The fourth-order valence-corrected chi connectivity index (χ4v) is 1.73. The van der Waals surface area contributed by atoms with Crippen molar-refractivity contribution in [1.29, 1.82) is 5.26 Å². The Labute approximate surface area is 97.2 Å². The molecule has 0 fully saturated rings. The molecule has 0 radical (unpaired) electrons. The molecule has 0 saturated carbocycles. The van der Waals surface area contributed by atoms with Crippen LogP contribution in [-0.4, -0.2) is 12.1 Å². The van der Waals surface area contributed by atoms with Gasteiger partial charge in [0.15, 0.2) is 0 Å². The second kappa shape index (κ2) is 3.87. The molecule has 0 aliphatic rings. The van der Waals surface area contributed by atoms with E-state index in [1.807, 2.05) is 6.07 Å². The van der Waals surface area contributed by atoms with Crippen molar-refractivity contribution in [3.05, 3.63) is 28.9 Å². The summed E-state index contributed by atoms with van der Waals surface area (Å²) in [5, 5.41) is 9.87. The van der Waals surface area contributed by atoms with Gasteiger partial charge in [-0.1, -0.05) is 11.6 Å². The summed E-state index contributed by atoms with van der Waals surface area (Å²) in [4.78, 5) is 4.11. The molecule has 1 heterocycles. The van der Waals surface area contributed by atoms with Crippen LogP contribution in [0, 0.1) is 11.3 Å². The SMILES string of the molecule is COc1ccc(Cl)c2nc(C#N)cc(N)c12. The third-order valence-corrected chi connectivity index (χ3v) is 2.54. The number of rotatable bonds is 1. The van der Waals surface area contributed by atoms with Crippen molar-refractivity contribution in [3.8, 4) is 11.8 Å². The normalized spacial score (nSPS) is 10.1. The second-order valence-corrected chi connectivity index (χ2v) is 3.59. The smallest absolute Gasteiger partial charge is 0.143 e. The topological polar surface area (TPSA) is 71.9 Å². The highest BCUT2D eigenvalue weighted by molar-refractivity contribution is 6.35. The van der Waals surface area contributed by atoms with Gasteiger partial charge >= 0.3 is 0 Å². The van der Waals surface area contributed by atoms with E-state index >= 15 is 0 Å². The predicted octanol–water partition coefficient (Wildman–Crippen LogP) is 2.35. The number of methoxy groups -OCH3 is 1. The molecule has 2 N–H and O–H groups in total. The molecule has 0 unspecified atom stereocenters. The van der Waals surface area contributed by atoms with Gasteiger partial charge in [0.05, 0.1) is 23.0 Å². The third-order valence-electron chi connectivity index (χ3n) is 2.24. The summed E-state index contributed by atoms with van der Waals surface area (Å²) in [6, 6.07) is 6.82. The number of hydrogen-bond donors (Lipinski definition) is 1. The zero-order valence-corrected chi connectivity index (χ0v) is 9.25. The standard InChI is InChI=1S/C11H8ClN3O/c1-16-9-3-2-7(12)11-10(9)8(14)4-6(5-13)15-11/h2-4H,1H3,(H2,14,15). The number of fused-ring (bicyclic) bond motifs is 1. The largest absolute Gasteiger partial charge is 0.496 e. The van der Waals surface area contributed by atoms with E-state index < -0.39 is 0 Å². The van der Waals surface area contributed by atoms with Crippen molar-refractivity contribution in [2.75, 3.05) is 12.8 Å². The van der Waals surface area contributed by atoms with E-state index in [0.717, 1.165) is 0 Å². The Morgan fingerprint density at radius 3 is 2.88 bits per heavy atom. The van der Waals surface area contributed by atoms with E-state index in [1.54, 1.807) is 19.2 Å². The number of nitrogens with zero attached hydrogens (tertiary/aromatic N) is 2. The number of pyridine rings is 1. The monoisotopic (exact) mass is 233 g/mol. The molecule has 0 aliphatic heterocycles. The molecule has 2 aromatic rings. The Hall–Kier alpha value is -1.99. The Bertz CT molecular complexity index is 604. The van der Waals surface area contributed by atoms with Crippen molar-refractivity contribution in [2.24, 2.45) is 0 Å². The number of nitrogen functional groups attached to an aromatic ring is 1. The number of hydrogen-bond acceptors (Lipinski definition) is 4. The molecular formula is C11H8ClN3O. The molecule has 80 valence electrons. The highest BCUT2D eigenvalue weighted by Crippen LogP contribution is 2.34. The Morgan fingerprint density at radius 2 is 2.25 bits per heavy atom. The number of ether oxygens (including phenoxy) is 1. The molecule has 0 spiro atoms. The van der Waals surface area contributed by atoms with Crippen LogP contribution in [0.2, 0.25) is 5.02 Å². The number of halogens is 1. The van der Waals surface area contributed by atoms with Crippen molar-refractivity contribution in [3.63, 3.8) is 0 Å². The Balaban J connectivity index is 2.93. The van der Waals surface area contributed by atoms with Gasteiger partial charge in [0.25, 0.3) is 0 Å². The lowest BCUT2D eigenvalue weighted by atomic mass is 10.1. The molecule has 4 nitrogen and oxygen atoms in total. The average Bonchev–Trinajstić information content (AvgIpc) is 2.30. The van der Waals surface area contributed by atoms with E-state index in [9.17, 15) is 0 Å². The van der Waals surface area contributed by atoms with Gasteiger partial charge in [0.1, 0.15) is 17.5 Å². The molecule has 1 aromatic heterocycles. The van der Waals surface area contributed by atoms with Gasteiger partial charge in [-0.2, -0.15) is 5.26 Å². The van der Waals surface area contributed by atoms with Gasteiger partial charge in [-0.25, -0.2) is 4.98 Å². The maximum Gasteiger partial charge on any atom is 0.143 e. The van der Waals surface area contributed by atoms with Gasteiger partial charge in [0, 0.05) is 5.69 Å². The number of nitrogens with two attached hydrogens (primary N) is 1. The third kappa shape index (κ3) is 1.51. The van der Waals surface area contributed by atoms with Crippen LogP contribution in [0.4, 0.5) is 5.69 Å². The molecule has 0 saturated heterocycles. The molecule has 0 aliphatic carbocycles. The van der Waals surface area contributed by atoms with Crippen molar-refractivity contribution < 1.29 is 4.74 Å². The molecular weight excluding hydrogens is 226 g/mol. The zero-order chi connectivity index (χ0) is 11.7. The van der Waals surface area contributed by atoms with Crippen LogP contribution >= 0.6 is 11.6 Å². The maximum absolute atomic E-state index is 8.80. The zero-order valence-electron chi connectivity index (χ0n) is 8.49. The summed E-state index contributed by atoms with van der Waals surface area (Å²) < 4.78 is 5.18. The summed E-state index contributed by atoms with van der Waals surface area (Å²) in [6.45, 7) is 0. The van der Waals surface area contributed by atoms with Crippen LogP contribution in [-0.2, 0) is 0 Å². The summed E-state index contributed by atoms with van der Waals surface area (Å²) in [5.41, 5.74) is 7.00. The van der Waals surface area contributed by atoms with Crippen LogP contribution < -0.4 is 10.5 Å². The molecule has 5 heteroatoms. The number of nitriles is 1. The minimum Gasteiger partial charge on any atom is -0.496 e. The first-order chi connectivity index (χ1) is 7.67. The van der Waals surface area contributed by atoms with Crippen LogP contribution in [0.1, 0.15) is 5.69 Å². The molecule has 0 atom stereocenters. The summed E-state index contributed by atoms with van der Waals surface area (Å²) >= 11 is 6.00. The fraction of sp³-hybridized carbons (Fsp3) is 0.0909. The summed E-state index contributed by atoms with van der Waals surface area (Å²) in [7, 11) is 1.54. The highest BCUT2D eigenvalue weighted by Gasteiger charge is 2.11. The maximum atomic E-state index is 8.80. The summed E-state index contributed by atoms with van der Waals surface area (Å²) in [5.74, 6) is 0.592. The van der Waals surface area contributed by atoms with E-state index in [-0.39, 0.29) is 5.69 Å². The van der Waals surface area contributed by atoms with E-state index in [0.29, 0.717) is 27.4 Å². The minimum absolute atomic E-state index is 0.236. The van der Waals surface area contributed by atoms with Gasteiger partial charge in [0.2, 0.25) is 0 Å². The van der Waals surface area contributed by atoms with Crippen LogP contribution in [0.25, 0.3) is 10.9 Å². The van der Waals surface area contributed by atoms with Crippen molar-refractivity contribution >= 4 is 28.2 Å². The second-order valence-electron chi connectivity index (χ2n) is 3.18. The molecule has 0 amide bonds. The number of anilines is 1. The first-order valence-corrected chi connectivity index (χ1v) is 4.88. The van der Waals surface area contributed by atoms with Gasteiger partial charge < -0.3 is 10.5 Å². The first-order valence-electron chi connectivity index (χ1n) is 4.50. The lowest BCUT2D eigenvalue weighted by Crippen LogP contribution is -1.96. The number of benzene rings is 1. The predicted molar refractivity (Wildman–Crippen MR) is 62.4 cm³/mol. The van der Waals surface area contributed by atoms with Gasteiger partial charge in [-0.3, -0.25) is 0 Å². The van der Waals surface area contributed by atoms with Gasteiger partial charge in [-0.15, -0.1) is 0 Å². The number of aromatic nitrogens is 1. The lowest BCUT2D eigenvalue weighted by molar-refractivity contribution is 0.420. The first kappa shape index (κ1) is 10.5. The molecule has 2 rings (SSSR count). The quantitative estimate of drug-likeness (QED) is 0.821. The molecule has 0 bridgehead atoms. The Kier molecular flexibility index (Phi) is 2.55. The lowest BCUT2D eigenvalue weighted by Gasteiger charge is -2.08. The van der Waals surface area contributed by atoms with E-state index in [2.05, 4.69) is 4.98 Å². The van der Waals surface area contributed by atoms with Crippen LogP contribution in [0.5, 0.6) is 5.75 Å². The van der Waals surface area contributed by atoms with Crippen LogP contribution in [0.15, 0.2) is 18.2 Å². The molecule has 1 aromatic carbocycles. The fourth-order valence-electron chi connectivity index (χ4n) is 1.54. The van der Waals surface area contributed by atoms with Crippen molar-refractivity contribution in [1.82, 2.24) is 4.98 Å². The summed E-state index contributed by atoms with van der Waals surface area (Å²) in [6.07, 6.45) is 0. The van der Waals surface area contributed by atoms with Crippen LogP contribution in [0.3, 0.4) is 0 Å². The van der Waals surface area contributed by atoms with Gasteiger partial charge in [-0.05, 0) is 18.2 Å². The minimum atomic E-state index is 0.236. The highest BCUT2D eigenvalue weighted by atomic mass is 35.5. The van der Waals surface area contributed by atoms with E-state index in [1.165, 1.54) is 6.07 Å².